The number of aliphatic hydroxyl groups excluding tert-OH is 1. The van der Waals surface area contributed by atoms with E-state index in [9.17, 15) is 4.79 Å². The average molecular weight is 559 g/mol. The van der Waals surface area contributed by atoms with Crippen LogP contribution in [0.25, 0.3) is 11.2 Å². The normalized spacial score (nSPS) is 21.4. The number of anilines is 5. The molecule has 2 aliphatic carbocycles. The number of aliphatic hydroxyl groups is 1. The summed E-state index contributed by atoms with van der Waals surface area (Å²) in [5.74, 6) is 2.23. The van der Waals surface area contributed by atoms with Gasteiger partial charge in [0, 0.05) is 24.5 Å². The number of carbonyl (C=O) groups is 1. The Hall–Kier alpha value is -4.40. The van der Waals surface area contributed by atoms with Crippen LogP contribution in [-0.4, -0.2) is 72.1 Å². The fourth-order valence-electron chi connectivity index (χ4n) is 4.96. The van der Waals surface area contributed by atoms with Gasteiger partial charge in [-0.25, -0.2) is 15.0 Å². The predicted molar refractivity (Wildman–Crippen MR) is 150 cm³/mol. The molecule has 14 nitrogen and oxygen atoms in total. The van der Waals surface area contributed by atoms with Crippen molar-refractivity contribution in [2.24, 2.45) is 0 Å². The molecule has 2 aliphatic heterocycles. The minimum absolute atomic E-state index is 0.117. The highest BCUT2D eigenvalue weighted by atomic mass is 16.7. The predicted octanol–water partition coefficient (Wildman–Crippen LogP) is 2.50. The Bertz CT molecular complexity index is 1620. The van der Waals surface area contributed by atoms with Crippen molar-refractivity contribution in [3.63, 3.8) is 0 Å². The van der Waals surface area contributed by atoms with Gasteiger partial charge in [0.2, 0.25) is 5.95 Å². The van der Waals surface area contributed by atoms with Crippen LogP contribution in [0.3, 0.4) is 0 Å². The highest BCUT2D eigenvalue weighted by Gasteiger charge is 2.38. The zero-order valence-corrected chi connectivity index (χ0v) is 22.4. The van der Waals surface area contributed by atoms with Gasteiger partial charge in [-0.05, 0) is 56.4 Å². The summed E-state index contributed by atoms with van der Waals surface area (Å²) in [5.41, 5.74) is 9.46. The second-order valence-electron chi connectivity index (χ2n) is 10.5. The van der Waals surface area contributed by atoms with E-state index in [2.05, 4.69) is 40.5 Å². The lowest BCUT2D eigenvalue weighted by atomic mass is 10.2. The lowest BCUT2D eigenvalue weighted by molar-refractivity contribution is -0.0980. The summed E-state index contributed by atoms with van der Waals surface area (Å²) in [6.07, 6.45) is 8.62. The molecule has 0 aromatic carbocycles. The van der Waals surface area contributed by atoms with E-state index < -0.39 is 6.29 Å². The van der Waals surface area contributed by atoms with Crippen LogP contribution in [0.4, 0.5) is 29.1 Å². The van der Waals surface area contributed by atoms with E-state index in [0.717, 1.165) is 42.8 Å². The molecule has 212 valence electrons. The topological polar surface area (TPSA) is 178 Å². The fourth-order valence-corrected chi connectivity index (χ4v) is 4.96. The minimum Gasteiger partial charge on any atom is -0.391 e. The van der Waals surface area contributed by atoms with Gasteiger partial charge in [0.25, 0.3) is 5.91 Å². The van der Waals surface area contributed by atoms with E-state index in [4.69, 9.17) is 20.3 Å². The number of hydrogen-bond acceptors (Lipinski definition) is 12. The standard InChI is InChI=1S/C15H14N4O.C12H16N6O3/c1-9-6-8-17-14-12(9)18-15(20)11-3-2-7-16-13(11)19(14)10-4-5-10;13-12-16-10(15-6-1-2-6)9-11(17-12)18(5-14-9)7-4-20-8(3-19)21-7/h2-3,6-8,10H,4-5H2,1H3,(H,18,20);5-8,19H,1-4H2,(H3,13,15,16,17)/t;7-,8-/m.1/s1. The number of amides is 1. The van der Waals surface area contributed by atoms with E-state index in [1.54, 1.807) is 29.4 Å². The fraction of sp³-hybridized carbons (Fsp3) is 0.407. The van der Waals surface area contributed by atoms with Gasteiger partial charge in [0.15, 0.2) is 35.3 Å². The summed E-state index contributed by atoms with van der Waals surface area (Å²) in [5, 5.41) is 15.3. The summed E-state index contributed by atoms with van der Waals surface area (Å²) in [6, 6.07) is 6.35. The molecule has 2 saturated carbocycles. The number of fused-ring (bicyclic) bond motifs is 3. The molecule has 1 amide bonds. The highest BCUT2D eigenvalue weighted by Crippen LogP contribution is 2.43. The van der Waals surface area contributed by atoms with E-state index in [1.807, 2.05) is 19.1 Å². The maximum absolute atomic E-state index is 12.4. The third-order valence-corrected chi connectivity index (χ3v) is 7.33. The second-order valence-corrected chi connectivity index (χ2v) is 10.5. The number of ether oxygens (including phenoxy) is 2. The van der Waals surface area contributed by atoms with Gasteiger partial charge in [-0.2, -0.15) is 9.97 Å². The van der Waals surface area contributed by atoms with Gasteiger partial charge in [-0.15, -0.1) is 0 Å². The molecule has 0 unspecified atom stereocenters. The van der Waals surface area contributed by atoms with Crippen molar-refractivity contribution >= 4 is 46.2 Å². The zero-order chi connectivity index (χ0) is 28.1. The van der Waals surface area contributed by atoms with Crippen LogP contribution in [-0.2, 0) is 9.47 Å². The van der Waals surface area contributed by atoms with E-state index in [-0.39, 0.29) is 24.7 Å². The Morgan fingerprint density at radius 2 is 1.95 bits per heavy atom. The highest BCUT2D eigenvalue weighted by molar-refractivity contribution is 6.11. The van der Waals surface area contributed by atoms with Crippen LogP contribution in [0.2, 0.25) is 0 Å². The smallest absolute Gasteiger partial charge is 0.259 e. The van der Waals surface area contributed by atoms with Crippen molar-refractivity contribution in [1.82, 2.24) is 29.5 Å². The monoisotopic (exact) mass is 558 g/mol. The Balaban J connectivity index is 0.000000135. The molecule has 4 aromatic heterocycles. The SMILES string of the molecule is Cc1ccnc2c1NC(=O)c1cccnc1N2C1CC1.Nc1nc(NC2CC2)c2ncn([C@H]3CO[C@@H](CO)O3)c2n1. The number of carbonyl (C=O) groups excluding carboxylic acids is 1. The minimum atomic E-state index is -0.615. The maximum atomic E-state index is 12.4. The molecule has 14 heteroatoms. The van der Waals surface area contributed by atoms with Gasteiger partial charge in [-0.1, -0.05) is 0 Å². The molecule has 8 rings (SSSR count). The van der Waals surface area contributed by atoms with Crippen molar-refractivity contribution in [2.75, 3.05) is 34.5 Å². The molecule has 5 N–H and O–H groups in total. The molecular formula is C27H30N10O4. The van der Waals surface area contributed by atoms with Crippen molar-refractivity contribution in [1.29, 1.82) is 0 Å². The number of aryl methyl sites for hydroxylation is 1. The number of hydrogen-bond donors (Lipinski definition) is 4. The molecule has 0 radical (unpaired) electrons. The first-order chi connectivity index (χ1) is 20.0. The Morgan fingerprint density at radius 3 is 2.71 bits per heavy atom. The first-order valence-corrected chi connectivity index (χ1v) is 13.7. The zero-order valence-electron chi connectivity index (χ0n) is 22.4. The summed E-state index contributed by atoms with van der Waals surface area (Å²) in [6.45, 7) is 2.12. The Labute approximate surface area is 234 Å². The van der Waals surface area contributed by atoms with Gasteiger partial charge in [0.05, 0.1) is 30.8 Å². The van der Waals surface area contributed by atoms with Gasteiger partial charge >= 0.3 is 0 Å². The molecule has 4 aromatic rings. The number of nitrogens with zero attached hydrogens (tertiary/aromatic N) is 7. The van der Waals surface area contributed by atoms with Crippen LogP contribution in [0.15, 0.2) is 36.9 Å². The largest absolute Gasteiger partial charge is 0.391 e. The van der Waals surface area contributed by atoms with Gasteiger partial charge < -0.3 is 35.8 Å². The number of nitrogens with one attached hydrogen (secondary N) is 2. The molecule has 1 saturated heterocycles. The Morgan fingerprint density at radius 1 is 1.12 bits per heavy atom. The molecule has 4 aliphatic rings. The summed E-state index contributed by atoms with van der Waals surface area (Å²) >= 11 is 0. The summed E-state index contributed by atoms with van der Waals surface area (Å²) < 4.78 is 12.6. The van der Waals surface area contributed by atoms with Crippen molar-refractivity contribution in [3.05, 3.63) is 48.0 Å². The number of pyridine rings is 2. The first kappa shape index (κ1) is 25.6. The van der Waals surface area contributed by atoms with Crippen molar-refractivity contribution in [3.8, 4) is 0 Å². The number of imidazole rings is 1. The number of nitrogen functional groups attached to an aromatic ring is 1. The lowest BCUT2D eigenvalue weighted by Crippen LogP contribution is -2.22. The van der Waals surface area contributed by atoms with E-state index in [0.29, 0.717) is 47.1 Å². The second kappa shape index (κ2) is 10.2. The Kier molecular flexibility index (Phi) is 6.37. The van der Waals surface area contributed by atoms with Crippen LogP contribution >= 0.6 is 0 Å². The van der Waals surface area contributed by atoms with Crippen LogP contribution in [0.1, 0.15) is 47.8 Å². The molecule has 41 heavy (non-hydrogen) atoms. The number of aromatic nitrogens is 6. The lowest BCUT2D eigenvalue weighted by Gasteiger charge is -2.23. The van der Waals surface area contributed by atoms with Crippen LogP contribution < -0.4 is 21.3 Å². The molecule has 0 bridgehead atoms. The van der Waals surface area contributed by atoms with Crippen molar-refractivity contribution in [2.45, 2.75) is 57.2 Å². The van der Waals surface area contributed by atoms with Crippen LogP contribution in [0, 0.1) is 6.92 Å². The van der Waals surface area contributed by atoms with E-state index in [1.165, 1.54) is 0 Å². The molecule has 6 heterocycles. The molecule has 3 fully saturated rings. The number of rotatable bonds is 5. The molecule has 2 atom stereocenters. The average Bonchev–Trinajstić information content (AvgIpc) is 3.89. The number of nitrogens with two attached hydrogens (primary N) is 1. The summed E-state index contributed by atoms with van der Waals surface area (Å²) in [4.78, 5) is 36.3. The van der Waals surface area contributed by atoms with E-state index >= 15 is 0 Å². The molecular weight excluding hydrogens is 528 g/mol. The van der Waals surface area contributed by atoms with Gasteiger partial charge in [-0.3, -0.25) is 9.36 Å². The summed E-state index contributed by atoms with van der Waals surface area (Å²) in [7, 11) is 0. The van der Waals surface area contributed by atoms with Crippen molar-refractivity contribution < 1.29 is 19.4 Å². The molecule has 0 spiro atoms. The van der Waals surface area contributed by atoms with Gasteiger partial charge in [0.1, 0.15) is 5.82 Å². The third kappa shape index (κ3) is 4.90. The third-order valence-electron chi connectivity index (χ3n) is 7.33. The van der Waals surface area contributed by atoms with Crippen LogP contribution in [0.5, 0.6) is 0 Å². The maximum Gasteiger partial charge on any atom is 0.259 e. The quantitative estimate of drug-likeness (QED) is 0.282. The first-order valence-electron chi connectivity index (χ1n) is 13.7.